The zero-order valence-electron chi connectivity index (χ0n) is 9.46. The molecule has 2 aliphatic rings. The van der Waals surface area contributed by atoms with E-state index < -0.39 is 0 Å². The van der Waals surface area contributed by atoms with E-state index in [0.717, 1.165) is 17.0 Å². The molecule has 0 spiro atoms. The summed E-state index contributed by atoms with van der Waals surface area (Å²) < 4.78 is 5.81. The van der Waals surface area contributed by atoms with Gasteiger partial charge in [0.2, 0.25) is 0 Å². The van der Waals surface area contributed by atoms with Crippen LogP contribution in [-0.2, 0) is 17.8 Å². The van der Waals surface area contributed by atoms with Gasteiger partial charge in [0, 0.05) is 11.3 Å². The average Bonchev–Trinajstić information content (AvgIpc) is 2.55. The molecular weight excluding hydrogens is 222 g/mol. The van der Waals surface area contributed by atoms with Gasteiger partial charge in [-0.15, -0.1) is 11.3 Å². The summed E-state index contributed by atoms with van der Waals surface area (Å²) in [6.07, 6.45) is 0.909. The quantitative estimate of drug-likeness (QED) is 0.722. The summed E-state index contributed by atoms with van der Waals surface area (Å²) in [5.74, 6) is 0.670. The minimum absolute atomic E-state index is 0.0976. The molecule has 4 nitrogen and oxygen atoms in total. The predicted molar refractivity (Wildman–Crippen MR) is 66.1 cm³/mol. The Bertz CT molecular complexity index is 476. The Labute approximate surface area is 98.5 Å². The van der Waals surface area contributed by atoms with Crippen LogP contribution in [0.2, 0.25) is 0 Å². The third kappa shape index (κ3) is 1.43. The van der Waals surface area contributed by atoms with Gasteiger partial charge in [0.05, 0.1) is 17.8 Å². The summed E-state index contributed by atoms with van der Waals surface area (Å²) in [6.45, 7) is 5.50. The smallest absolute Gasteiger partial charge is 0.130 e. The molecular formula is C11H15N3OS. The number of aliphatic imine (C=N–C) groups is 1. The van der Waals surface area contributed by atoms with Crippen molar-refractivity contribution >= 4 is 22.2 Å². The van der Waals surface area contributed by atoms with Crippen LogP contribution in [0.25, 0.3) is 0 Å². The first kappa shape index (κ1) is 10.1. The van der Waals surface area contributed by atoms with Crippen molar-refractivity contribution in [1.82, 2.24) is 0 Å². The zero-order chi connectivity index (χ0) is 11.3. The van der Waals surface area contributed by atoms with Crippen molar-refractivity contribution in [2.45, 2.75) is 32.5 Å². The van der Waals surface area contributed by atoms with Crippen molar-refractivity contribution in [2.75, 3.05) is 12.0 Å². The molecule has 16 heavy (non-hydrogen) atoms. The first-order valence-electron chi connectivity index (χ1n) is 5.39. The topological polar surface area (TPSA) is 59.6 Å². The maximum absolute atomic E-state index is 5.98. The van der Waals surface area contributed by atoms with E-state index in [1.165, 1.54) is 10.4 Å². The van der Waals surface area contributed by atoms with E-state index in [0.29, 0.717) is 19.1 Å². The third-order valence-corrected chi connectivity index (χ3v) is 4.20. The number of rotatable bonds is 0. The van der Waals surface area contributed by atoms with Crippen LogP contribution in [0.15, 0.2) is 4.99 Å². The molecule has 5 heteroatoms. The summed E-state index contributed by atoms with van der Waals surface area (Å²) in [5, 5.41) is 4.42. The van der Waals surface area contributed by atoms with E-state index >= 15 is 0 Å². The van der Waals surface area contributed by atoms with Gasteiger partial charge in [0.15, 0.2) is 0 Å². The number of nitrogens with zero attached hydrogens (tertiary/aromatic N) is 1. The molecule has 0 atom stereocenters. The van der Waals surface area contributed by atoms with Gasteiger partial charge >= 0.3 is 0 Å². The van der Waals surface area contributed by atoms with Crippen molar-refractivity contribution in [3.63, 3.8) is 0 Å². The van der Waals surface area contributed by atoms with Crippen molar-refractivity contribution in [1.29, 1.82) is 0 Å². The number of thiophene rings is 1. The Morgan fingerprint density at radius 2 is 2.31 bits per heavy atom. The van der Waals surface area contributed by atoms with Crippen LogP contribution in [0, 0.1) is 0 Å². The lowest BCUT2D eigenvalue weighted by Crippen LogP contribution is -2.33. The lowest BCUT2D eigenvalue weighted by molar-refractivity contribution is -0.0383. The van der Waals surface area contributed by atoms with E-state index in [2.05, 4.69) is 24.2 Å². The third-order valence-electron chi connectivity index (χ3n) is 3.03. The monoisotopic (exact) mass is 237 g/mol. The predicted octanol–water partition coefficient (Wildman–Crippen LogP) is 1.69. The van der Waals surface area contributed by atoms with E-state index in [1.807, 2.05) is 0 Å². The zero-order valence-corrected chi connectivity index (χ0v) is 10.3. The minimum atomic E-state index is -0.0976. The van der Waals surface area contributed by atoms with Crippen LogP contribution in [0.3, 0.4) is 0 Å². The van der Waals surface area contributed by atoms with Crippen LogP contribution in [0.5, 0.6) is 0 Å². The van der Waals surface area contributed by atoms with E-state index in [-0.39, 0.29) is 5.60 Å². The Kier molecular flexibility index (Phi) is 2.03. The summed E-state index contributed by atoms with van der Waals surface area (Å²) in [5.41, 5.74) is 8.32. The largest absolute Gasteiger partial charge is 0.383 e. The molecule has 0 amide bonds. The minimum Gasteiger partial charge on any atom is -0.383 e. The second kappa shape index (κ2) is 3.21. The molecule has 1 aromatic heterocycles. The van der Waals surface area contributed by atoms with Crippen LogP contribution in [0.4, 0.5) is 5.00 Å². The van der Waals surface area contributed by atoms with Gasteiger partial charge in [-0.05, 0) is 19.4 Å². The van der Waals surface area contributed by atoms with E-state index in [9.17, 15) is 0 Å². The molecule has 0 bridgehead atoms. The molecule has 0 fully saturated rings. The molecule has 1 aromatic rings. The van der Waals surface area contributed by atoms with Gasteiger partial charge in [-0.25, -0.2) is 4.99 Å². The highest BCUT2D eigenvalue weighted by atomic mass is 32.1. The second-order valence-corrected chi connectivity index (χ2v) is 5.92. The van der Waals surface area contributed by atoms with Gasteiger partial charge in [-0.1, -0.05) is 0 Å². The standard InChI is InChI=1S/C11H15N3OS/c1-11(2)3-6-7(4-15-11)16-10-8(6)9(12)13-5-14-10/h14H,3-5H2,1-2H3,(H2,12,13). The molecule has 3 rings (SSSR count). The fourth-order valence-electron chi connectivity index (χ4n) is 2.22. The van der Waals surface area contributed by atoms with Crippen LogP contribution < -0.4 is 11.1 Å². The number of nitrogens with one attached hydrogen (secondary N) is 1. The van der Waals surface area contributed by atoms with Crippen LogP contribution in [0.1, 0.15) is 29.9 Å². The molecule has 86 valence electrons. The molecule has 2 aliphatic heterocycles. The highest BCUT2D eigenvalue weighted by molar-refractivity contribution is 7.16. The maximum atomic E-state index is 5.98. The van der Waals surface area contributed by atoms with Crippen LogP contribution in [-0.4, -0.2) is 18.1 Å². The fourth-order valence-corrected chi connectivity index (χ4v) is 3.35. The molecule has 0 saturated carbocycles. The summed E-state index contributed by atoms with van der Waals surface area (Å²) in [4.78, 5) is 5.54. The van der Waals surface area contributed by atoms with Gasteiger partial charge in [0.25, 0.3) is 0 Å². The Morgan fingerprint density at radius 3 is 3.12 bits per heavy atom. The van der Waals surface area contributed by atoms with Crippen molar-refractivity contribution in [3.05, 3.63) is 16.0 Å². The first-order chi connectivity index (χ1) is 7.57. The number of amidine groups is 1. The number of nitrogens with two attached hydrogens (primary N) is 1. The molecule has 0 saturated heterocycles. The normalized spacial score (nSPS) is 21.8. The highest BCUT2D eigenvalue weighted by Gasteiger charge is 2.32. The Balaban J connectivity index is 2.13. The van der Waals surface area contributed by atoms with Crippen molar-refractivity contribution in [3.8, 4) is 0 Å². The molecule has 3 N–H and O–H groups in total. The van der Waals surface area contributed by atoms with E-state index in [4.69, 9.17) is 10.5 Å². The lowest BCUT2D eigenvalue weighted by Gasteiger charge is -2.30. The molecule has 0 aromatic carbocycles. The number of hydrogen-bond acceptors (Lipinski definition) is 5. The SMILES string of the molecule is CC1(C)Cc2c(sc3c2C(N)=NCN3)CO1. The number of anilines is 1. The summed E-state index contributed by atoms with van der Waals surface area (Å²) >= 11 is 1.75. The first-order valence-corrected chi connectivity index (χ1v) is 6.21. The molecule has 0 radical (unpaired) electrons. The van der Waals surface area contributed by atoms with Crippen LogP contribution >= 0.6 is 11.3 Å². The fraction of sp³-hybridized carbons (Fsp3) is 0.545. The maximum Gasteiger partial charge on any atom is 0.130 e. The second-order valence-electron chi connectivity index (χ2n) is 4.81. The number of fused-ring (bicyclic) bond motifs is 3. The number of ether oxygens (including phenoxy) is 1. The molecule has 0 unspecified atom stereocenters. The number of hydrogen-bond donors (Lipinski definition) is 2. The van der Waals surface area contributed by atoms with Gasteiger partial charge in [-0.3, -0.25) is 0 Å². The Morgan fingerprint density at radius 1 is 1.50 bits per heavy atom. The van der Waals surface area contributed by atoms with Gasteiger partial charge in [0.1, 0.15) is 17.5 Å². The summed E-state index contributed by atoms with van der Waals surface area (Å²) in [6, 6.07) is 0. The lowest BCUT2D eigenvalue weighted by atomic mass is 9.92. The molecule has 3 heterocycles. The van der Waals surface area contributed by atoms with Gasteiger partial charge in [-0.2, -0.15) is 0 Å². The summed E-state index contributed by atoms with van der Waals surface area (Å²) in [7, 11) is 0. The van der Waals surface area contributed by atoms with Gasteiger partial charge < -0.3 is 15.8 Å². The highest BCUT2D eigenvalue weighted by Crippen LogP contribution is 2.40. The van der Waals surface area contributed by atoms with Crippen molar-refractivity contribution in [2.24, 2.45) is 10.7 Å². The molecule has 0 aliphatic carbocycles. The average molecular weight is 237 g/mol. The van der Waals surface area contributed by atoms with Crippen molar-refractivity contribution < 1.29 is 4.74 Å². The van der Waals surface area contributed by atoms with E-state index in [1.54, 1.807) is 11.3 Å². The Hall–Kier alpha value is -1.07.